The first-order chi connectivity index (χ1) is 16.3. The minimum absolute atomic E-state index is 0.0814. The summed E-state index contributed by atoms with van der Waals surface area (Å²) < 4.78 is 24.0. The summed E-state index contributed by atoms with van der Waals surface area (Å²) in [6.07, 6.45) is 1.32. The smallest absolute Gasteiger partial charge is 0.337 e. The average molecular weight is 499 g/mol. The molecule has 0 bridgehead atoms. The number of carbonyl (C=O) groups is 2. The summed E-state index contributed by atoms with van der Waals surface area (Å²) in [6, 6.07) is 16.9. The van der Waals surface area contributed by atoms with Crippen molar-refractivity contribution in [1.29, 1.82) is 5.26 Å². The van der Waals surface area contributed by atoms with Gasteiger partial charge in [0.1, 0.15) is 24.1 Å². The molecule has 0 aliphatic heterocycles. The van der Waals surface area contributed by atoms with Crippen LogP contribution >= 0.6 is 23.2 Å². The van der Waals surface area contributed by atoms with E-state index < -0.39 is 17.7 Å². The van der Waals surface area contributed by atoms with Gasteiger partial charge in [0.2, 0.25) is 0 Å². The fraction of sp³-hybridized carbons (Fsp3) is 0.0800. The van der Waals surface area contributed by atoms with Crippen molar-refractivity contribution >= 4 is 46.8 Å². The second-order valence-corrected chi connectivity index (χ2v) is 7.70. The standard InChI is InChI=1S/C25H17Cl2FN2O4/c1-33-25(32)16-6-8-19(9-7-16)30-24(31)18(13-29)10-15-11-20(26)23(21(27)12-15)34-14-17-4-2-3-5-22(17)28/h2-12H,14H2,1H3,(H,30,31)/b18-10+. The number of amides is 1. The Balaban J connectivity index is 1.75. The molecule has 0 radical (unpaired) electrons. The molecule has 3 rings (SSSR count). The van der Waals surface area contributed by atoms with Crippen LogP contribution < -0.4 is 10.1 Å². The highest BCUT2D eigenvalue weighted by Crippen LogP contribution is 2.35. The van der Waals surface area contributed by atoms with Gasteiger partial charge in [-0.1, -0.05) is 41.4 Å². The first kappa shape index (κ1) is 24.8. The maximum Gasteiger partial charge on any atom is 0.337 e. The number of ether oxygens (including phenoxy) is 2. The van der Waals surface area contributed by atoms with E-state index in [9.17, 15) is 19.2 Å². The topological polar surface area (TPSA) is 88.4 Å². The lowest BCUT2D eigenvalue weighted by Crippen LogP contribution is -2.13. The van der Waals surface area contributed by atoms with Crippen molar-refractivity contribution < 1.29 is 23.5 Å². The lowest BCUT2D eigenvalue weighted by Gasteiger charge is -2.12. The summed E-state index contributed by atoms with van der Waals surface area (Å²) in [5.41, 5.74) is 1.22. The van der Waals surface area contributed by atoms with E-state index in [2.05, 4.69) is 10.1 Å². The molecule has 0 aliphatic carbocycles. The van der Waals surface area contributed by atoms with Crippen molar-refractivity contribution in [3.63, 3.8) is 0 Å². The van der Waals surface area contributed by atoms with Crippen LogP contribution in [0, 0.1) is 17.1 Å². The van der Waals surface area contributed by atoms with Crippen molar-refractivity contribution in [2.75, 3.05) is 12.4 Å². The molecule has 1 amide bonds. The molecular formula is C25H17Cl2FN2O4. The Hall–Kier alpha value is -3.86. The van der Waals surface area contributed by atoms with E-state index in [1.54, 1.807) is 18.2 Å². The maximum absolute atomic E-state index is 13.8. The molecule has 3 aromatic carbocycles. The summed E-state index contributed by atoms with van der Waals surface area (Å²) >= 11 is 12.6. The molecule has 0 saturated carbocycles. The van der Waals surface area contributed by atoms with Crippen molar-refractivity contribution in [3.05, 3.63) is 98.8 Å². The summed E-state index contributed by atoms with van der Waals surface area (Å²) in [5.74, 6) is -1.44. The van der Waals surface area contributed by atoms with Gasteiger partial charge in [0.05, 0.1) is 22.7 Å². The molecule has 3 aromatic rings. The fourth-order valence-electron chi connectivity index (χ4n) is 2.89. The number of anilines is 1. The van der Waals surface area contributed by atoms with Crippen LogP contribution in [0.25, 0.3) is 6.08 Å². The zero-order valence-corrected chi connectivity index (χ0v) is 19.3. The van der Waals surface area contributed by atoms with E-state index in [-0.39, 0.29) is 28.0 Å². The fourth-order valence-corrected chi connectivity index (χ4v) is 3.50. The van der Waals surface area contributed by atoms with E-state index in [1.165, 1.54) is 55.7 Å². The second kappa shape index (κ2) is 11.3. The molecule has 0 unspecified atom stereocenters. The summed E-state index contributed by atoms with van der Waals surface area (Å²) in [6.45, 7) is -0.0814. The van der Waals surface area contributed by atoms with Gasteiger partial charge >= 0.3 is 5.97 Å². The Morgan fingerprint density at radius 3 is 2.32 bits per heavy atom. The predicted molar refractivity (Wildman–Crippen MR) is 127 cm³/mol. The molecule has 6 nitrogen and oxygen atoms in total. The van der Waals surface area contributed by atoms with Crippen LogP contribution in [0.15, 0.2) is 66.2 Å². The summed E-state index contributed by atoms with van der Waals surface area (Å²) in [4.78, 5) is 24.0. The third-order valence-corrected chi connectivity index (χ3v) is 5.15. The average Bonchev–Trinajstić information content (AvgIpc) is 2.83. The van der Waals surface area contributed by atoms with Gasteiger partial charge < -0.3 is 14.8 Å². The number of benzene rings is 3. The lowest BCUT2D eigenvalue weighted by molar-refractivity contribution is -0.112. The molecule has 0 spiro atoms. The van der Waals surface area contributed by atoms with E-state index >= 15 is 0 Å². The minimum Gasteiger partial charge on any atom is -0.486 e. The highest BCUT2D eigenvalue weighted by Gasteiger charge is 2.14. The van der Waals surface area contributed by atoms with E-state index in [0.717, 1.165) is 0 Å². The van der Waals surface area contributed by atoms with Crippen molar-refractivity contribution in [1.82, 2.24) is 0 Å². The molecule has 0 atom stereocenters. The number of hydrogen-bond donors (Lipinski definition) is 1. The van der Waals surface area contributed by atoms with Gasteiger partial charge in [0, 0.05) is 11.3 Å². The zero-order valence-electron chi connectivity index (χ0n) is 17.8. The van der Waals surface area contributed by atoms with E-state index in [0.29, 0.717) is 22.4 Å². The number of nitrogens with zero attached hydrogens (tertiary/aromatic N) is 1. The summed E-state index contributed by atoms with van der Waals surface area (Å²) in [7, 11) is 1.27. The molecule has 1 N–H and O–H groups in total. The van der Waals surface area contributed by atoms with Gasteiger partial charge in [-0.3, -0.25) is 4.79 Å². The van der Waals surface area contributed by atoms with E-state index in [1.807, 2.05) is 6.07 Å². The zero-order chi connectivity index (χ0) is 24.7. The Morgan fingerprint density at radius 1 is 1.09 bits per heavy atom. The number of nitriles is 1. The molecule has 0 aliphatic rings. The Bertz CT molecular complexity index is 1280. The Morgan fingerprint density at radius 2 is 1.74 bits per heavy atom. The molecule has 0 aromatic heterocycles. The van der Waals surface area contributed by atoms with Gasteiger partial charge in [-0.15, -0.1) is 0 Å². The van der Waals surface area contributed by atoms with Crippen LogP contribution in [-0.2, 0) is 16.1 Å². The number of hydrogen-bond acceptors (Lipinski definition) is 5. The van der Waals surface area contributed by atoms with Crippen LogP contribution in [0.3, 0.4) is 0 Å². The third-order valence-electron chi connectivity index (χ3n) is 4.59. The highest BCUT2D eigenvalue weighted by molar-refractivity contribution is 6.37. The molecule has 34 heavy (non-hydrogen) atoms. The van der Waals surface area contributed by atoms with Crippen molar-refractivity contribution in [2.45, 2.75) is 6.61 Å². The Kier molecular flexibility index (Phi) is 8.25. The van der Waals surface area contributed by atoms with Crippen LogP contribution in [0.4, 0.5) is 10.1 Å². The molecule has 0 fully saturated rings. The third kappa shape index (κ3) is 6.13. The van der Waals surface area contributed by atoms with Crippen molar-refractivity contribution in [2.24, 2.45) is 0 Å². The molecule has 172 valence electrons. The molecule has 0 heterocycles. The van der Waals surface area contributed by atoms with Crippen LogP contribution in [-0.4, -0.2) is 19.0 Å². The molecular weight excluding hydrogens is 482 g/mol. The van der Waals surface area contributed by atoms with E-state index in [4.69, 9.17) is 27.9 Å². The number of esters is 1. The maximum atomic E-state index is 13.8. The predicted octanol–water partition coefficient (Wildman–Crippen LogP) is 6.04. The van der Waals surface area contributed by atoms with Crippen LogP contribution in [0.5, 0.6) is 5.75 Å². The number of methoxy groups -OCH3 is 1. The van der Waals surface area contributed by atoms with Gasteiger partial charge in [0.25, 0.3) is 5.91 Å². The number of rotatable bonds is 7. The first-order valence-electron chi connectivity index (χ1n) is 9.79. The van der Waals surface area contributed by atoms with Gasteiger partial charge in [-0.2, -0.15) is 5.26 Å². The largest absolute Gasteiger partial charge is 0.486 e. The normalized spacial score (nSPS) is 10.9. The van der Waals surface area contributed by atoms with Gasteiger partial charge in [-0.05, 0) is 54.1 Å². The Labute approximate surface area is 205 Å². The number of halogens is 3. The summed E-state index contributed by atoms with van der Waals surface area (Å²) in [5, 5.41) is 12.3. The van der Waals surface area contributed by atoms with Crippen molar-refractivity contribution in [3.8, 4) is 11.8 Å². The first-order valence-corrected chi connectivity index (χ1v) is 10.5. The number of nitrogens with one attached hydrogen (secondary N) is 1. The van der Waals surface area contributed by atoms with Crippen LogP contribution in [0.2, 0.25) is 10.0 Å². The lowest BCUT2D eigenvalue weighted by atomic mass is 10.1. The van der Waals surface area contributed by atoms with Gasteiger partial charge in [0.15, 0.2) is 5.75 Å². The second-order valence-electron chi connectivity index (χ2n) is 6.89. The van der Waals surface area contributed by atoms with Gasteiger partial charge in [-0.25, -0.2) is 9.18 Å². The SMILES string of the molecule is COC(=O)c1ccc(NC(=O)/C(C#N)=C/c2cc(Cl)c(OCc3ccccc3F)c(Cl)c2)cc1. The number of carbonyl (C=O) groups excluding carboxylic acids is 2. The highest BCUT2D eigenvalue weighted by atomic mass is 35.5. The van der Waals surface area contributed by atoms with Crippen LogP contribution in [0.1, 0.15) is 21.5 Å². The molecule has 9 heteroatoms. The quantitative estimate of drug-likeness (QED) is 0.243. The monoisotopic (exact) mass is 498 g/mol. The molecule has 0 saturated heterocycles. The minimum atomic E-state index is -0.666.